The first-order chi connectivity index (χ1) is 1.73. The number of rotatable bonds is 0. The molecule has 0 saturated carbocycles. The van der Waals surface area contributed by atoms with Gasteiger partial charge in [-0.15, -0.1) is 0 Å². The SMILES string of the molecule is B#S(=N)S. The van der Waals surface area contributed by atoms with Crippen molar-refractivity contribution >= 4 is 27.2 Å². The average Bonchev–Trinajstić information content (AvgIpc) is 0.811. The summed E-state index contributed by atoms with van der Waals surface area (Å²) >= 11 is 3.44. The van der Waals surface area contributed by atoms with E-state index in [2.05, 4.69) is 18.2 Å². The van der Waals surface area contributed by atoms with E-state index in [1.54, 1.807) is 0 Å². The van der Waals surface area contributed by atoms with Crippen molar-refractivity contribution in [1.82, 2.24) is 0 Å². The minimum absolute atomic E-state index is 0.917. The van der Waals surface area contributed by atoms with E-state index in [1.165, 1.54) is 0 Å². The van der Waals surface area contributed by atoms with Gasteiger partial charge in [0.2, 0.25) is 0 Å². The number of nitrogens with one attached hydrogen (secondary N) is 1. The fraction of sp³-hybridized carbons (Fsp3) is 0. The van der Waals surface area contributed by atoms with Crippen LogP contribution in [0, 0.1) is 4.78 Å². The molecule has 1 N–H and O–H groups in total. The molecule has 0 amide bonds. The van der Waals surface area contributed by atoms with E-state index in [4.69, 9.17) is 4.78 Å². The Morgan fingerprint density at radius 3 is 2.00 bits per heavy atom. The molecule has 0 radical (unpaired) electrons. The van der Waals surface area contributed by atoms with Gasteiger partial charge in [-0.05, 0) is 0 Å². The first kappa shape index (κ1) is 4.43. The molecule has 0 aliphatic rings. The molecule has 0 aliphatic heterocycles. The Balaban J connectivity index is 3.85. The molecular formula is H2BNS2. The summed E-state index contributed by atoms with van der Waals surface area (Å²) in [5.74, 6) is 0. The van der Waals surface area contributed by atoms with E-state index < -0.39 is 8.96 Å². The molecule has 0 unspecified atom stereocenters. The van der Waals surface area contributed by atoms with E-state index in [9.17, 15) is 0 Å². The van der Waals surface area contributed by atoms with Crippen molar-refractivity contribution in [1.29, 1.82) is 4.78 Å². The zero-order valence-corrected chi connectivity index (χ0v) is 3.64. The first-order valence-corrected chi connectivity index (χ1v) is 2.96. The molecule has 0 bridgehead atoms. The summed E-state index contributed by atoms with van der Waals surface area (Å²) in [6, 6.07) is 0. The van der Waals surface area contributed by atoms with Crippen LogP contribution in [0.2, 0.25) is 0 Å². The van der Waals surface area contributed by atoms with Crippen LogP contribution in [0.15, 0.2) is 0 Å². The number of hydrogen-bond donors (Lipinski definition) is 2. The summed E-state index contributed by atoms with van der Waals surface area (Å²) in [7, 11) is -0.917. The Bertz CT molecular complexity index is 96.2. The van der Waals surface area contributed by atoms with Gasteiger partial charge in [0, 0.05) is 0 Å². The van der Waals surface area contributed by atoms with Crippen molar-refractivity contribution < 1.29 is 0 Å². The molecule has 0 aromatic heterocycles. The maximum atomic E-state index is 6.25. The molecule has 0 atom stereocenters. The van der Waals surface area contributed by atoms with Crippen LogP contribution in [0.5, 0.6) is 0 Å². The summed E-state index contributed by atoms with van der Waals surface area (Å²) in [4.78, 5) is 0. The summed E-state index contributed by atoms with van der Waals surface area (Å²) < 4.78 is 6.25. The normalized spacial score (nSPS) is 6.75. The summed E-state index contributed by atoms with van der Waals surface area (Å²) in [6.07, 6.45) is 0. The average molecular weight is 91.0 g/mol. The maximum absolute atomic E-state index is 6.25. The van der Waals surface area contributed by atoms with E-state index >= 15 is 0 Å². The summed E-state index contributed by atoms with van der Waals surface area (Å²) in [6.45, 7) is 4.67. The zero-order valence-electron chi connectivity index (χ0n) is 1.93. The van der Waals surface area contributed by atoms with Crippen LogP contribution >= 0.6 is 11.7 Å². The van der Waals surface area contributed by atoms with Gasteiger partial charge in [0.25, 0.3) is 0 Å². The summed E-state index contributed by atoms with van der Waals surface area (Å²) in [5, 5.41) is 0. The first-order valence-electron chi connectivity index (χ1n) is 0.622. The van der Waals surface area contributed by atoms with Crippen molar-refractivity contribution in [3.05, 3.63) is 0 Å². The van der Waals surface area contributed by atoms with Crippen molar-refractivity contribution in [3.8, 4) is 0 Å². The van der Waals surface area contributed by atoms with Gasteiger partial charge in [-0.1, -0.05) is 0 Å². The molecule has 0 rings (SSSR count). The van der Waals surface area contributed by atoms with Gasteiger partial charge in [0.05, 0.1) is 0 Å². The Morgan fingerprint density at radius 1 is 2.00 bits per heavy atom. The summed E-state index contributed by atoms with van der Waals surface area (Å²) in [5.41, 5.74) is 0. The van der Waals surface area contributed by atoms with Gasteiger partial charge in [-0.2, -0.15) is 0 Å². The van der Waals surface area contributed by atoms with Crippen molar-refractivity contribution in [2.45, 2.75) is 0 Å². The van der Waals surface area contributed by atoms with Crippen LogP contribution in [0.1, 0.15) is 0 Å². The fourth-order valence-corrected chi connectivity index (χ4v) is 0. The van der Waals surface area contributed by atoms with Crippen LogP contribution in [0.3, 0.4) is 0 Å². The standard InChI is InChI=1S/BH2NS2/c1-4(2)3/h(H2,2,3). The van der Waals surface area contributed by atoms with Gasteiger partial charge in [-0.25, -0.2) is 0 Å². The van der Waals surface area contributed by atoms with Crippen molar-refractivity contribution in [2.75, 3.05) is 0 Å². The number of hydrogen-bond acceptors (Lipinski definition) is 1. The molecule has 22 valence electrons. The Kier molecular flexibility index (Phi) is 1.91. The van der Waals surface area contributed by atoms with Gasteiger partial charge in [0.15, 0.2) is 0 Å². The molecule has 0 spiro atoms. The van der Waals surface area contributed by atoms with Gasteiger partial charge in [0.1, 0.15) is 0 Å². The Morgan fingerprint density at radius 2 is 2.00 bits per heavy atom. The third-order valence-corrected chi connectivity index (χ3v) is 0. The van der Waals surface area contributed by atoms with Crippen LogP contribution in [-0.2, 0) is 8.96 Å². The van der Waals surface area contributed by atoms with Gasteiger partial charge >= 0.3 is 31.9 Å². The van der Waals surface area contributed by atoms with Crippen molar-refractivity contribution in [3.63, 3.8) is 0 Å². The van der Waals surface area contributed by atoms with Crippen LogP contribution in [0.25, 0.3) is 0 Å². The Labute approximate surface area is 32.6 Å². The third kappa shape index (κ3) is 26.5. The van der Waals surface area contributed by atoms with E-state index in [1.807, 2.05) is 0 Å². The van der Waals surface area contributed by atoms with Crippen molar-refractivity contribution in [2.24, 2.45) is 0 Å². The van der Waals surface area contributed by atoms with Crippen LogP contribution in [-0.4, -0.2) is 6.53 Å². The quantitative estimate of drug-likeness (QED) is 0.243. The molecule has 0 aromatic carbocycles. The second kappa shape index (κ2) is 1.73. The second-order valence-electron chi connectivity index (χ2n) is 0.315. The molecule has 4 heteroatoms. The molecular weight excluding hydrogens is 89.0 g/mol. The van der Waals surface area contributed by atoms with Crippen LogP contribution < -0.4 is 0 Å². The van der Waals surface area contributed by atoms with E-state index in [-0.39, 0.29) is 0 Å². The molecule has 0 aliphatic carbocycles. The number of thiol groups is 1. The molecule has 0 aromatic rings. The predicted octanol–water partition coefficient (Wildman–Crippen LogP) is 0.295. The minimum atomic E-state index is -0.917. The van der Waals surface area contributed by atoms with Gasteiger partial charge < -0.3 is 0 Å². The van der Waals surface area contributed by atoms with E-state index in [0.717, 1.165) is 0 Å². The fourth-order valence-electron chi connectivity index (χ4n) is 0. The zero-order chi connectivity index (χ0) is 3.58. The molecule has 4 heavy (non-hydrogen) atoms. The molecule has 0 heterocycles. The molecule has 0 saturated heterocycles. The Hall–Kier alpha value is 0.435. The predicted molar refractivity (Wildman–Crippen MR) is 24.8 cm³/mol. The molecule has 0 fully saturated rings. The van der Waals surface area contributed by atoms with Crippen LogP contribution in [0.4, 0.5) is 0 Å². The third-order valence-electron chi connectivity index (χ3n) is 0. The monoisotopic (exact) mass is 91.0 g/mol. The molecule has 1 nitrogen and oxygen atoms in total. The van der Waals surface area contributed by atoms with Gasteiger partial charge in [-0.3, -0.25) is 0 Å². The second-order valence-corrected chi connectivity index (χ2v) is 2.12. The topological polar surface area (TPSA) is 23.9 Å². The van der Waals surface area contributed by atoms with E-state index in [0.29, 0.717) is 0 Å².